The van der Waals surface area contributed by atoms with Crippen molar-refractivity contribution >= 4 is 21.2 Å². The molecule has 1 atom stereocenters. The van der Waals surface area contributed by atoms with Gasteiger partial charge in [-0.25, -0.2) is 8.42 Å². The Bertz CT molecular complexity index is 512. The quantitative estimate of drug-likeness (QED) is 0.839. The van der Waals surface area contributed by atoms with Crippen molar-refractivity contribution in [2.45, 2.75) is 45.7 Å². The van der Waals surface area contributed by atoms with Gasteiger partial charge in [0.25, 0.3) is 0 Å². The lowest BCUT2D eigenvalue weighted by molar-refractivity contribution is 0.269. The van der Waals surface area contributed by atoms with Gasteiger partial charge in [0, 0.05) is 28.6 Å². The fourth-order valence-corrected chi connectivity index (χ4v) is 4.09. The third-order valence-corrected chi connectivity index (χ3v) is 5.69. The van der Waals surface area contributed by atoms with Crippen molar-refractivity contribution < 1.29 is 8.42 Å². The van der Waals surface area contributed by atoms with Gasteiger partial charge >= 0.3 is 0 Å². The van der Waals surface area contributed by atoms with Gasteiger partial charge < -0.3 is 0 Å². The first-order chi connectivity index (χ1) is 8.49. The van der Waals surface area contributed by atoms with Crippen molar-refractivity contribution in [1.29, 1.82) is 0 Å². The molecule has 0 aliphatic rings. The van der Waals surface area contributed by atoms with Crippen LogP contribution in [-0.2, 0) is 21.8 Å². The van der Waals surface area contributed by atoms with Gasteiger partial charge in [-0.05, 0) is 31.5 Å². The van der Waals surface area contributed by atoms with E-state index in [0.29, 0.717) is 0 Å². The maximum atomic E-state index is 11.3. The van der Waals surface area contributed by atoms with Crippen molar-refractivity contribution in [2.75, 3.05) is 19.1 Å². The summed E-state index contributed by atoms with van der Waals surface area (Å²) in [4.78, 5) is 4.75. The van der Waals surface area contributed by atoms with Crippen LogP contribution in [0.3, 0.4) is 0 Å². The summed E-state index contributed by atoms with van der Waals surface area (Å²) in [5.74, 6) is 0.209. The molecule has 0 amide bonds. The van der Waals surface area contributed by atoms with Gasteiger partial charge in [0.1, 0.15) is 9.84 Å². The summed E-state index contributed by atoms with van der Waals surface area (Å²) in [5.41, 5.74) is 0.180. The van der Waals surface area contributed by atoms with E-state index in [1.807, 2.05) is 25.3 Å². The molecule has 1 unspecified atom stereocenters. The van der Waals surface area contributed by atoms with Crippen LogP contribution in [0.4, 0.5) is 0 Å². The predicted octanol–water partition coefficient (Wildman–Crippen LogP) is 2.91. The Labute approximate surface area is 121 Å². The number of sulfone groups is 1. The van der Waals surface area contributed by atoms with Gasteiger partial charge in [-0.3, -0.25) is 4.90 Å². The number of thiophene rings is 1. The largest absolute Gasteiger partial charge is 0.298 e. The summed E-state index contributed by atoms with van der Waals surface area (Å²) >= 11 is 1.81. The molecule has 0 aliphatic heterocycles. The van der Waals surface area contributed by atoms with E-state index in [1.165, 1.54) is 16.0 Å². The molecule has 3 nitrogen and oxygen atoms in total. The molecule has 1 rings (SSSR count). The molecular weight excluding hydrogens is 278 g/mol. The van der Waals surface area contributed by atoms with E-state index in [2.05, 4.69) is 37.8 Å². The molecule has 0 saturated heterocycles. The first-order valence-corrected chi connectivity index (χ1v) is 9.34. The third kappa shape index (κ3) is 5.63. The molecule has 1 heterocycles. The molecule has 0 bridgehead atoms. The Kier molecular flexibility index (Phi) is 5.21. The average Bonchev–Trinajstić information content (AvgIpc) is 2.62. The van der Waals surface area contributed by atoms with Crippen LogP contribution in [0.15, 0.2) is 12.1 Å². The topological polar surface area (TPSA) is 37.4 Å². The van der Waals surface area contributed by atoms with Crippen LogP contribution in [0.25, 0.3) is 0 Å². The van der Waals surface area contributed by atoms with E-state index in [0.717, 1.165) is 6.54 Å². The molecule has 0 spiro atoms. The van der Waals surface area contributed by atoms with Gasteiger partial charge in [0.15, 0.2) is 0 Å². The van der Waals surface area contributed by atoms with Crippen molar-refractivity contribution in [3.8, 4) is 0 Å². The molecule has 0 aromatic carbocycles. The molecule has 1 aromatic rings. The van der Waals surface area contributed by atoms with Crippen molar-refractivity contribution in [1.82, 2.24) is 4.90 Å². The summed E-state index contributed by atoms with van der Waals surface area (Å²) in [5, 5.41) is 0. The van der Waals surface area contributed by atoms with Gasteiger partial charge in [-0.1, -0.05) is 20.8 Å². The second kappa shape index (κ2) is 5.94. The molecule has 0 saturated carbocycles. The number of hydrogen-bond acceptors (Lipinski definition) is 4. The van der Waals surface area contributed by atoms with Crippen molar-refractivity contribution in [3.63, 3.8) is 0 Å². The highest BCUT2D eigenvalue weighted by Crippen LogP contribution is 2.30. The van der Waals surface area contributed by atoms with Crippen LogP contribution in [0.5, 0.6) is 0 Å². The molecule has 110 valence electrons. The van der Waals surface area contributed by atoms with Gasteiger partial charge in [-0.15, -0.1) is 11.3 Å². The number of nitrogens with zero attached hydrogens (tertiary/aromatic N) is 1. The normalized spacial score (nSPS) is 14.9. The van der Waals surface area contributed by atoms with E-state index in [1.54, 1.807) is 0 Å². The van der Waals surface area contributed by atoms with Crippen LogP contribution in [0.2, 0.25) is 0 Å². The number of rotatable bonds is 5. The van der Waals surface area contributed by atoms with Crippen LogP contribution in [-0.4, -0.2) is 38.4 Å². The fraction of sp³-hybridized carbons (Fsp3) is 0.714. The summed E-state index contributed by atoms with van der Waals surface area (Å²) in [6.45, 7) is 9.38. The zero-order valence-electron chi connectivity index (χ0n) is 12.7. The minimum Gasteiger partial charge on any atom is -0.298 e. The lowest BCUT2D eigenvalue weighted by atomic mass is 9.95. The number of hydrogen-bond donors (Lipinski definition) is 0. The molecule has 1 aromatic heterocycles. The van der Waals surface area contributed by atoms with E-state index >= 15 is 0 Å². The summed E-state index contributed by atoms with van der Waals surface area (Å²) < 4.78 is 22.6. The first kappa shape index (κ1) is 16.7. The van der Waals surface area contributed by atoms with Crippen LogP contribution < -0.4 is 0 Å². The maximum absolute atomic E-state index is 11.3. The second-order valence-corrected chi connectivity index (χ2v) is 9.73. The van der Waals surface area contributed by atoms with E-state index in [4.69, 9.17) is 0 Å². The highest BCUT2D eigenvalue weighted by atomic mass is 32.2. The summed E-state index contributed by atoms with van der Waals surface area (Å²) in [7, 11) is -0.938. The third-order valence-electron chi connectivity index (χ3n) is 3.10. The Morgan fingerprint density at radius 2 is 1.89 bits per heavy atom. The van der Waals surface area contributed by atoms with E-state index in [-0.39, 0.29) is 17.2 Å². The maximum Gasteiger partial charge on any atom is 0.148 e. The highest BCUT2D eigenvalue weighted by Gasteiger charge is 2.19. The first-order valence-electron chi connectivity index (χ1n) is 6.46. The van der Waals surface area contributed by atoms with E-state index in [9.17, 15) is 8.42 Å². The Hall–Kier alpha value is -0.390. The lowest BCUT2D eigenvalue weighted by Gasteiger charge is -2.23. The van der Waals surface area contributed by atoms with Crippen molar-refractivity contribution in [3.05, 3.63) is 21.9 Å². The zero-order valence-corrected chi connectivity index (χ0v) is 14.4. The zero-order chi connectivity index (χ0) is 14.8. The molecule has 0 N–H and O–H groups in total. The van der Waals surface area contributed by atoms with Crippen LogP contribution >= 0.6 is 11.3 Å². The molecule has 5 heteroatoms. The summed E-state index contributed by atoms with van der Waals surface area (Å²) in [6.07, 6.45) is 1.29. The smallest absolute Gasteiger partial charge is 0.148 e. The molecular formula is C14H25NO2S2. The van der Waals surface area contributed by atoms with Gasteiger partial charge in [0.05, 0.1) is 5.75 Å². The Balaban J connectivity index is 2.67. The highest BCUT2D eigenvalue weighted by molar-refractivity contribution is 7.90. The average molecular weight is 303 g/mol. The van der Waals surface area contributed by atoms with Gasteiger partial charge in [0.2, 0.25) is 0 Å². The molecule has 0 fully saturated rings. The monoisotopic (exact) mass is 303 g/mol. The van der Waals surface area contributed by atoms with E-state index < -0.39 is 9.84 Å². The van der Waals surface area contributed by atoms with Crippen LogP contribution in [0, 0.1) is 0 Å². The summed E-state index contributed by atoms with van der Waals surface area (Å²) in [6, 6.07) is 4.36. The SMILES string of the molecule is CC(CS(C)(=O)=O)N(C)Cc1ccc(C(C)(C)C)s1. The molecule has 0 aliphatic carbocycles. The minimum atomic E-state index is -2.92. The van der Waals surface area contributed by atoms with Crippen molar-refractivity contribution in [2.24, 2.45) is 0 Å². The Morgan fingerprint density at radius 3 is 2.32 bits per heavy atom. The fourth-order valence-electron chi connectivity index (χ4n) is 1.83. The lowest BCUT2D eigenvalue weighted by Crippen LogP contribution is -2.34. The second-order valence-electron chi connectivity index (χ2n) is 6.37. The molecule has 19 heavy (non-hydrogen) atoms. The molecule has 0 radical (unpaired) electrons. The standard InChI is InChI=1S/C14H25NO2S2/c1-11(10-19(6,16)17)15(5)9-12-7-8-13(18-12)14(2,3)4/h7-8,11H,9-10H2,1-6H3. The predicted molar refractivity (Wildman–Crippen MR) is 83.7 cm³/mol. The Morgan fingerprint density at radius 1 is 1.32 bits per heavy atom. The van der Waals surface area contributed by atoms with Crippen LogP contribution in [0.1, 0.15) is 37.4 Å². The minimum absolute atomic E-state index is 0.0372. The van der Waals surface area contributed by atoms with Gasteiger partial charge in [-0.2, -0.15) is 0 Å².